The molecule has 96 valence electrons. The maximum absolute atomic E-state index is 13.5. The summed E-state index contributed by atoms with van der Waals surface area (Å²) in [6.07, 6.45) is 2.97. The Morgan fingerprint density at radius 1 is 1.18 bits per heavy atom. The van der Waals surface area contributed by atoms with Gasteiger partial charge >= 0.3 is 0 Å². The molecule has 0 heterocycles. The van der Waals surface area contributed by atoms with Crippen LogP contribution in [0, 0.1) is 11.6 Å². The first-order chi connectivity index (χ1) is 8.16. The lowest BCUT2D eigenvalue weighted by Gasteiger charge is -2.08. The number of unbranched alkanes of at least 4 members (excludes halogenated alkanes) is 2. The van der Waals surface area contributed by atoms with E-state index >= 15 is 0 Å². The fraction of sp³-hybridized carbons (Fsp3) is 0.500. The summed E-state index contributed by atoms with van der Waals surface area (Å²) in [6, 6.07) is 2.63. The van der Waals surface area contributed by atoms with Gasteiger partial charge in [-0.3, -0.25) is 0 Å². The molecule has 1 nitrogen and oxygen atoms in total. The average molecular weight is 327 g/mol. The lowest BCUT2D eigenvalue weighted by Crippen LogP contribution is -2.17. The van der Waals surface area contributed by atoms with Gasteiger partial charge in [-0.2, -0.15) is 0 Å². The molecule has 0 aromatic heterocycles. The van der Waals surface area contributed by atoms with Gasteiger partial charge in [0.15, 0.2) is 0 Å². The lowest BCUT2D eigenvalue weighted by molar-refractivity contribution is 0.526. The molecule has 0 atom stereocenters. The number of hydrogen-bond acceptors (Lipinski definition) is 1. The molecule has 1 aromatic rings. The Balaban J connectivity index is 2.39. The fourth-order valence-corrected chi connectivity index (χ4v) is 2.03. The Morgan fingerprint density at radius 2 is 1.94 bits per heavy atom. The van der Waals surface area contributed by atoms with Gasteiger partial charge in [-0.1, -0.05) is 6.42 Å². The summed E-state index contributed by atoms with van der Waals surface area (Å²) in [4.78, 5) is 0. The van der Waals surface area contributed by atoms with E-state index in [4.69, 9.17) is 11.6 Å². The zero-order chi connectivity index (χ0) is 12.7. The third-order valence-corrected chi connectivity index (χ3v) is 3.31. The molecule has 0 bridgehead atoms. The van der Waals surface area contributed by atoms with Gasteiger partial charge in [-0.05, 0) is 47.4 Å². The first-order valence-corrected chi connectivity index (χ1v) is 6.88. The Kier molecular flexibility index (Phi) is 7.00. The zero-order valence-electron chi connectivity index (χ0n) is 9.41. The highest BCUT2D eigenvalue weighted by Gasteiger charge is 2.11. The van der Waals surface area contributed by atoms with Crippen LogP contribution in [0.4, 0.5) is 8.78 Å². The summed E-state index contributed by atoms with van der Waals surface area (Å²) in [5.74, 6) is -0.383. The Bertz CT molecular complexity index is 361. The van der Waals surface area contributed by atoms with Crippen molar-refractivity contribution >= 4 is 27.5 Å². The van der Waals surface area contributed by atoms with E-state index in [0.29, 0.717) is 5.88 Å². The van der Waals surface area contributed by atoms with Crippen LogP contribution in [-0.2, 0) is 6.54 Å². The van der Waals surface area contributed by atoms with Crippen LogP contribution in [-0.4, -0.2) is 12.4 Å². The van der Waals surface area contributed by atoms with Crippen LogP contribution in [0.15, 0.2) is 16.6 Å². The molecule has 0 fully saturated rings. The van der Waals surface area contributed by atoms with Gasteiger partial charge in [0.1, 0.15) is 11.6 Å². The van der Waals surface area contributed by atoms with Crippen molar-refractivity contribution in [2.75, 3.05) is 12.4 Å². The van der Waals surface area contributed by atoms with Crippen molar-refractivity contribution in [2.24, 2.45) is 0 Å². The first kappa shape index (κ1) is 14.9. The molecule has 0 aliphatic rings. The molecule has 0 saturated heterocycles. The zero-order valence-corrected chi connectivity index (χ0v) is 11.8. The number of halogens is 4. The van der Waals surface area contributed by atoms with Gasteiger partial charge in [0, 0.05) is 18.0 Å². The van der Waals surface area contributed by atoms with Crippen LogP contribution < -0.4 is 5.32 Å². The minimum atomic E-state index is -0.529. The van der Waals surface area contributed by atoms with E-state index in [-0.39, 0.29) is 16.6 Å². The third-order valence-electron chi connectivity index (χ3n) is 2.43. The molecule has 0 aliphatic carbocycles. The molecule has 5 heteroatoms. The van der Waals surface area contributed by atoms with E-state index in [2.05, 4.69) is 21.2 Å². The minimum absolute atomic E-state index is 0.0803. The van der Waals surface area contributed by atoms with Crippen molar-refractivity contribution in [2.45, 2.75) is 25.8 Å². The summed E-state index contributed by atoms with van der Waals surface area (Å²) < 4.78 is 27.2. The van der Waals surface area contributed by atoms with Gasteiger partial charge in [-0.25, -0.2) is 8.78 Å². The van der Waals surface area contributed by atoms with Gasteiger partial charge in [0.25, 0.3) is 0 Å². The quantitative estimate of drug-likeness (QED) is 0.449. The second-order valence-electron chi connectivity index (χ2n) is 3.75. The Hall–Kier alpha value is -0.190. The number of alkyl halides is 1. The highest BCUT2D eigenvalue weighted by Crippen LogP contribution is 2.21. The predicted molar refractivity (Wildman–Crippen MR) is 70.3 cm³/mol. The monoisotopic (exact) mass is 325 g/mol. The average Bonchev–Trinajstić information content (AvgIpc) is 2.32. The maximum atomic E-state index is 13.5. The molecule has 1 N–H and O–H groups in total. The fourth-order valence-electron chi connectivity index (χ4n) is 1.47. The Morgan fingerprint density at radius 3 is 2.65 bits per heavy atom. The van der Waals surface area contributed by atoms with E-state index in [1.807, 2.05) is 0 Å². The first-order valence-electron chi connectivity index (χ1n) is 5.56. The molecule has 0 unspecified atom stereocenters. The van der Waals surface area contributed by atoms with E-state index in [0.717, 1.165) is 25.8 Å². The van der Waals surface area contributed by atoms with Crippen LogP contribution in [0.5, 0.6) is 0 Å². The van der Waals surface area contributed by atoms with Crippen LogP contribution >= 0.6 is 27.5 Å². The highest BCUT2D eigenvalue weighted by molar-refractivity contribution is 9.10. The largest absolute Gasteiger partial charge is 0.312 e. The normalized spacial score (nSPS) is 10.8. The summed E-state index contributed by atoms with van der Waals surface area (Å²) in [7, 11) is 0. The molecule has 0 amide bonds. The minimum Gasteiger partial charge on any atom is -0.312 e. The summed E-state index contributed by atoms with van der Waals surface area (Å²) >= 11 is 8.58. The summed E-state index contributed by atoms with van der Waals surface area (Å²) in [5.41, 5.74) is 0.0803. The molecule has 1 rings (SSSR count). The van der Waals surface area contributed by atoms with Crippen molar-refractivity contribution < 1.29 is 8.78 Å². The van der Waals surface area contributed by atoms with Gasteiger partial charge in [0.2, 0.25) is 0 Å². The Labute approximate surface area is 114 Å². The second kappa shape index (κ2) is 8.01. The molecule has 0 aliphatic heterocycles. The van der Waals surface area contributed by atoms with E-state index < -0.39 is 11.6 Å². The molecular formula is C12H15BrClF2N. The number of nitrogens with one attached hydrogen (secondary N) is 1. The third kappa shape index (κ3) is 4.90. The van der Waals surface area contributed by atoms with Crippen molar-refractivity contribution in [3.63, 3.8) is 0 Å². The van der Waals surface area contributed by atoms with Crippen molar-refractivity contribution in [1.29, 1.82) is 0 Å². The molecule has 0 saturated carbocycles. The maximum Gasteiger partial charge on any atom is 0.144 e. The van der Waals surface area contributed by atoms with E-state index in [9.17, 15) is 8.78 Å². The number of rotatable bonds is 7. The van der Waals surface area contributed by atoms with Crippen molar-refractivity contribution in [3.05, 3.63) is 33.8 Å². The second-order valence-corrected chi connectivity index (χ2v) is 4.98. The van der Waals surface area contributed by atoms with Crippen LogP contribution in [0.3, 0.4) is 0 Å². The van der Waals surface area contributed by atoms with Crippen molar-refractivity contribution in [3.8, 4) is 0 Å². The summed E-state index contributed by atoms with van der Waals surface area (Å²) in [5, 5.41) is 3.03. The van der Waals surface area contributed by atoms with Gasteiger partial charge < -0.3 is 5.32 Å². The van der Waals surface area contributed by atoms with Crippen molar-refractivity contribution in [1.82, 2.24) is 5.32 Å². The molecule has 17 heavy (non-hydrogen) atoms. The molecular weight excluding hydrogens is 311 g/mol. The van der Waals surface area contributed by atoms with Crippen LogP contribution in [0.2, 0.25) is 0 Å². The van der Waals surface area contributed by atoms with E-state index in [1.54, 1.807) is 0 Å². The van der Waals surface area contributed by atoms with Crippen LogP contribution in [0.1, 0.15) is 24.8 Å². The standard InChI is InChI=1S/C12H15BrClF2N/c13-10-4-5-11(15)9(12(10)16)8-17-7-3-1-2-6-14/h4-5,17H,1-3,6-8H2. The number of hydrogen-bond donors (Lipinski definition) is 1. The topological polar surface area (TPSA) is 12.0 Å². The molecule has 1 aromatic carbocycles. The molecule has 0 spiro atoms. The smallest absolute Gasteiger partial charge is 0.144 e. The lowest BCUT2D eigenvalue weighted by atomic mass is 10.2. The summed E-state index contributed by atoms with van der Waals surface area (Å²) in [6.45, 7) is 0.945. The van der Waals surface area contributed by atoms with E-state index in [1.165, 1.54) is 12.1 Å². The predicted octanol–water partition coefficient (Wildman–Crippen LogP) is 4.23. The SMILES string of the molecule is Fc1ccc(Br)c(F)c1CNCCCCCCl. The van der Waals surface area contributed by atoms with Crippen LogP contribution in [0.25, 0.3) is 0 Å². The van der Waals surface area contributed by atoms with Gasteiger partial charge in [0.05, 0.1) is 4.47 Å². The van der Waals surface area contributed by atoms with Gasteiger partial charge in [-0.15, -0.1) is 11.6 Å². The number of benzene rings is 1. The highest BCUT2D eigenvalue weighted by atomic mass is 79.9. The molecule has 0 radical (unpaired) electrons.